The number of carbonyl (C=O) groups is 1. The fourth-order valence-electron chi connectivity index (χ4n) is 0.549. The molecule has 0 spiro atoms. The molecular weight excluding hydrogens is 150 g/mol. The van der Waals surface area contributed by atoms with Crippen molar-refractivity contribution in [3.63, 3.8) is 0 Å². The van der Waals surface area contributed by atoms with Crippen LogP contribution < -0.4 is 0 Å². The normalized spacial score (nSPS) is 12.5. The van der Waals surface area contributed by atoms with Crippen LogP contribution in [0.25, 0.3) is 0 Å². The highest BCUT2D eigenvalue weighted by Crippen LogP contribution is 2.11. The maximum Gasteiger partial charge on any atom is 0.151 e. The van der Waals surface area contributed by atoms with Crippen molar-refractivity contribution in [3.8, 4) is 0 Å². The minimum atomic E-state index is 0.0390. The van der Waals surface area contributed by atoms with Crippen LogP contribution in [0.2, 0.25) is 0 Å². The molecule has 0 aliphatic rings. The van der Waals surface area contributed by atoms with E-state index in [0.29, 0.717) is 5.57 Å². The van der Waals surface area contributed by atoms with Gasteiger partial charge in [-0.15, -0.1) is 0 Å². The number of hydrogen-bond acceptors (Lipinski definition) is 2. The highest BCUT2D eigenvalue weighted by Gasteiger charge is 2.13. The van der Waals surface area contributed by atoms with E-state index >= 15 is 0 Å². The van der Waals surface area contributed by atoms with Gasteiger partial charge in [0.1, 0.15) is 0 Å². The molecule has 0 aromatic carbocycles. The minimum Gasteiger partial charge on any atom is -0.375 e. The molecule has 0 N–H and O–H groups in total. The van der Waals surface area contributed by atoms with Gasteiger partial charge in [-0.2, -0.15) is 0 Å². The van der Waals surface area contributed by atoms with Crippen LogP contribution in [0.4, 0.5) is 0 Å². The van der Waals surface area contributed by atoms with E-state index in [0.717, 1.165) is 6.29 Å². The van der Waals surface area contributed by atoms with E-state index in [1.165, 1.54) is 0 Å². The lowest BCUT2D eigenvalue weighted by atomic mass is 10.1. The Bertz CT molecular complexity index is 188. The molecule has 0 atom stereocenters. The van der Waals surface area contributed by atoms with Crippen LogP contribution in [0.5, 0.6) is 0 Å². The standard InChI is InChI=1S/C10H17NO/c1-6-9(8-12)7-11(5)10(2,3)4/h6-8H,1H2,2-5H3/b9-7+. The summed E-state index contributed by atoms with van der Waals surface area (Å²) in [6.45, 7) is 9.78. The van der Waals surface area contributed by atoms with Gasteiger partial charge in [-0.3, -0.25) is 4.79 Å². The molecule has 0 rings (SSSR count). The smallest absolute Gasteiger partial charge is 0.151 e. The van der Waals surface area contributed by atoms with Crippen molar-refractivity contribution in [2.24, 2.45) is 0 Å². The van der Waals surface area contributed by atoms with Gasteiger partial charge in [0.25, 0.3) is 0 Å². The molecule has 0 heterocycles. The number of nitrogens with zero attached hydrogens (tertiary/aromatic N) is 1. The first-order valence-corrected chi connectivity index (χ1v) is 3.94. The number of hydrogen-bond donors (Lipinski definition) is 0. The number of carbonyl (C=O) groups excluding carboxylic acids is 1. The molecule has 0 saturated carbocycles. The lowest BCUT2D eigenvalue weighted by Gasteiger charge is -2.31. The molecule has 0 bridgehead atoms. The average Bonchev–Trinajstić information content (AvgIpc) is 1.97. The van der Waals surface area contributed by atoms with Crippen molar-refractivity contribution >= 4 is 6.29 Å². The van der Waals surface area contributed by atoms with E-state index < -0.39 is 0 Å². The van der Waals surface area contributed by atoms with Gasteiger partial charge in [-0.1, -0.05) is 12.7 Å². The molecule has 2 nitrogen and oxygen atoms in total. The summed E-state index contributed by atoms with van der Waals surface area (Å²) < 4.78 is 0. The van der Waals surface area contributed by atoms with Gasteiger partial charge >= 0.3 is 0 Å². The molecule has 0 radical (unpaired) electrons. The van der Waals surface area contributed by atoms with E-state index in [2.05, 4.69) is 27.4 Å². The molecule has 0 aromatic heterocycles. The molecule has 0 amide bonds. The van der Waals surface area contributed by atoms with Gasteiger partial charge in [0.05, 0.1) is 0 Å². The highest BCUT2D eigenvalue weighted by atomic mass is 16.1. The van der Waals surface area contributed by atoms with Crippen molar-refractivity contribution in [3.05, 3.63) is 24.4 Å². The topological polar surface area (TPSA) is 20.3 Å². The van der Waals surface area contributed by atoms with Crippen LogP contribution in [0.1, 0.15) is 20.8 Å². The van der Waals surface area contributed by atoms with E-state index in [9.17, 15) is 4.79 Å². The summed E-state index contributed by atoms with van der Waals surface area (Å²) in [5.41, 5.74) is 0.643. The van der Waals surface area contributed by atoms with Crippen molar-refractivity contribution in [1.82, 2.24) is 4.90 Å². The Morgan fingerprint density at radius 2 is 1.92 bits per heavy atom. The maximum absolute atomic E-state index is 10.4. The minimum absolute atomic E-state index is 0.0390. The molecule has 0 unspecified atom stereocenters. The van der Waals surface area contributed by atoms with Crippen LogP contribution in [-0.4, -0.2) is 23.8 Å². The highest BCUT2D eigenvalue weighted by molar-refractivity contribution is 5.76. The van der Waals surface area contributed by atoms with Gasteiger partial charge in [0.2, 0.25) is 0 Å². The molecule has 0 saturated heterocycles. The predicted molar refractivity (Wildman–Crippen MR) is 51.9 cm³/mol. The first-order valence-electron chi connectivity index (χ1n) is 3.94. The van der Waals surface area contributed by atoms with Crippen molar-refractivity contribution in [1.29, 1.82) is 0 Å². The Balaban J connectivity index is 4.51. The average molecular weight is 167 g/mol. The Labute approximate surface area is 74.6 Å². The second kappa shape index (κ2) is 4.10. The molecular formula is C10H17NO. The summed E-state index contributed by atoms with van der Waals surface area (Å²) >= 11 is 0. The summed E-state index contributed by atoms with van der Waals surface area (Å²) in [7, 11) is 1.94. The van der Waals surface area contributed by atoms with Crippen LogP contribution in [0, 0.1) is 0 Å². The maximum atomic E-state index is 10.4. The van der Waals surface area contributed by atoms with Gasteiger partial charge in [-0.25, -0.2) is 0 Å². The second-order valence-corrected chi connectivity index (χ2v) is 3.73. The number of rotatable bonds is 3. The fourth-order valence-corrected chi connectivity index (χ4v) is 0.549. The lowest BCUT2D eigenvalue weighted by Crippen LogP contribution is -2.33. The summed E-state index contributed by atoms with van der Waals surface area (Å²) in [6.07, 6.45) is 4.14. The Morgan fingerprint density at radius 1 is 1.42 bits per heavy atom. The summed E-state index contributed by atoms with van der Waals surface area (Å²) in [5.74, 6) is 0. The quantitative estimate of drug-likeness (QED) is 0.364. The third kappa shape index (κ3) is 3.37. The fraction of sp³-hybridized carbons (Fsp3) is 0.500. The van der Waals surface area contributed by atoms with E-state index in [4.69, 9.17) is 0 Å². The molecule has 0 aliphatic heterocycles. The van der Waals surface area contributed by atoms with Gasteiger partial charge < -0.3 is 4.90 Å². The summed E-state index contributed by atoms with van der Waals surface area (Å²) in [6, 6.07) is 0. The zero-order valence-electron chi connectivity index (χ0n) is 8.29. The monoisotopic (exact) mass is 167 g/mol. The SMILES string of the molecule is C=C/C(C=O)=C\N(C)C(C)(C)C. The largest absolute Gasteiger partial charge is 0.375 e. The number of aldehydes is 1. The van der Waals surface area contributed by atoms with Crippen molar-refractivity contribution in [2.75, 3.05) is 7.05 Å². The van der Waals surface area contributed by atoms with Crippen LogP contribution in [-0.2, 0) is 4.79 Å². The summed E-state index contributed by atoms with van der Waals surface area (Å²) in [4.78, 5) is 12.4. The first-order chi connectivity index (χ1) is 5.41. The van der Waals surface area contributed by atoms with Crippen LogP contribution in [0.3, 0.4) is 0 Å². The third-order valence-corrected chi connectivity index (χ3v) is 1.77. The van der Waals surface area contributed by atoms with Gasteiger partial charge in [-0.05, 0) is 20.8 Å². The second-order valence-electron chi connectivity index (χ2n) is 3.73. The van der Waals surface area contributed by atoms with Crippen molar-refractivity contribution in [2.45, 2.75) is 26.3 Å². The van der Waals surface area contributed by atoms with Gasteiger partial charge in [0.15, 0.2) is 6.29 Å². The molecule has 0 aromatic rings. The first kappa shape index (κ1) is 11.0. The lowest BCUT2D eigenvalue weighted by molar-refractivity contribution is -0.104. The Hall–Kier alpha value is -1.05. The number of allylic oxidation sites excluding steroid dienone is 2. The zero-order valence-corrected chi connectivity index (χ0v) is 8.29. The molecule has 68 valence electrons. The molecule has 0 fully saturated rings. The van der Waals surface area contributed by atoms with Gasteiger partial charge in [0, 0.05) is 24.4 Å². The van der Waals surface area contributed by atoms with E-state index in [1.807, 2.05) is 11.9 Å². The zero-order chi connectivity index (χ0) is 9.78. The van der Waals surface area contributed by atoms with Crippen LogP contribution in [0.15, 0.2) is 24.4 Å². The summed E-state index contributed by atoms with van der Waals surface area (Å²) in [5, 5.41) is 0. The van der Waals surface area contributed by atoms with Crippen LogP contribution >= 0.6 is 0 Å². The Morgan fingerprint density at radius 3 is 2.17 bits per heavy atom. The predicted octanol–water partition coefficient (Wildman–Crippen LogP) is 1.99. The molecule has 0 aliphatic carbocycles. The van der Waals surface area contributed by atoms with E-state index in [1.54, 1.807) is 12.3 Å². The van der Waals surface area contributed by atoms with Crippen molar-refractivity contribution < 1.29 is 4.79 Å². The van der Waals surface area contributed by atoms with E-state index in [-0.39, 0.29) is 5.54 Å². The molecule has 12 heavy (non-hydrogen) atoms. The molecule has 2 heteroatoms. The third-order valence-electron chi connectivity index (χ3n) is 1.77. The Kier molecular flexibility index (Phi) is 3.74.